The third kappa shape index (κ3) is 6.35. The first-order valence-corrected chi connectivity index (χ1v) is 5.43. The first-order valence-electron chi connectivity index (χ1n) is 5.43. The van der Waals surface area contributed by atoms with Gasteiger partial charge in [0.2, 0.25) is 0 Å². The van der Waals surface area contributed by atoms with Gasteiger partial charge in [-0.1, -0.05) is 32.4 Å². The fourth-order valence-corrected chi connectivity index (χ4v) is 0.905. The Kier molecular flexibility index (Phi) is 8.37. The van der Waals surface area contributed by atoms with Gasteiger partial charge in [0.1, 0.15) is 5.75 Å². The standard InChI is InChI=1S/C10H10O4.C3H8/c1-13-10(12)7-14-9-5-3-2-4-8(9)6-11;1-3-2/h2-6H,7H2,1H3;3H2,1-2H3. The van der Waals surface area contributed by atoms with Crippen LogP contribution in [-0.2, 0) is 9.53 Å². The molecule has 0 saturated carbocycles. The van der Waals surface area contributed by atoms with Crippen LogP contribution in [0.15, 0.2) is 24.3 Å². The van der Waals surface area contributed by atoms with E-state index in [2.05, 4.69) is 18.6 Å². The molecule has 0 aliphatic rings. The Labute approximate surface area is 102 Å². The Bertz CT molecular complexity index is 347. The lowest BCUT2D eigenvalue weighted by molar-refractivity contribution is -0.142. The number of rotatable bonds is 4. The summed E-state index contributed by atoms with van der Waals surface area (Å²) in [6.07, 6.45) is 1.92. The summed E-state index contributed by atoms with van der Waals surface area (Å²) < 4.78 is 9.47. The van der Waals surface area contributed by atoms with Gasteiger partial charge in [0.15, 0.2) is 12.9 Å². The number of carbonyl (C=O) groups is 2. The van der Waals surface area contributed by atoms with E-state index < -0.39 is 5.97 Å². The van der Waals surface area contributed by atoms with Crippen molar-refractivity contribution < 1.29 is 19.1 Å². The molecule has 1 rings (SSSR count). The normalized spacial score (nSPS) is 8.65. The molecule has 0 aliphatic carbocycles. The minimum atomic E-state index is -0.481. The molecule has 0 amide bonds. The molecule has 0 heterocycles. The van der Waals surface area contributed by atoms with E-state index in [4.69, 9.17) is 4.74 Å². The van der Waals surface area contributed by atoms with Crippen molar-refractivity contribution >= 4 is 12.3 Å². The molecule has 0 unspecified atom stereocenters. The molecule has 17 heavy (non-hydrogen) atoms. The predicted octanol–water partition coefficient (Wildman–Crippen LogP) is 2.47. The highest BCUT2D eigenvalue weighted by molar-refractivity contribution is 5.79. The van der Waals surface area contributed by atoms with Gasteiger partial charge in [-0.15, -0.1) is 0 Å². The van der Waals surface area contributed by atoms with E-state index in [0.717, 1.165) is 0 Å². The number of benzene rings is 1. The van der Waals surface area contributed by atoms with Crippen molar-refractivity contribution in [3.05, 3.63) is 29.8 Å². The molecule has 0 fully saturated rings. The molecule has 0 aromatic heterocycles. The number of hydrogen-bond acceptors (Lipinski definition) is 4. The Hall–Kier alpha value is -1.84. The maximum absolute atomic E-state index is 10.7. The van der Waals surface area contributed by atoms with Crippen LogP contribution in [0, 0.1) is 0 Å². The summed E-state index contributed by atoms with van der Waals surface area (Å²) in [5.41, 5.74) is 0.413. The SMILES string of the molecule is CCC.COC(=O)COc1ccccc1C=O. The Balaban J connectivity index is 0.000000770. The quantitative estimate of drug-likeness (QED) is 0.597. The van der Waals surface area contributed by atoms with Crippen LogP contribution in [0.4, 0.5) is 0 Å². The molecule has 0 spiro atoms. The number of esters is 1. The Morgan fingerprint density at radius 2 is 1.88 bits per heavy atom. The average molecular weight is 238 g/mol. The van der Waals surface area contributed by atoms with Gasteiger partial charge >= 0.3 is 5.97 Å². The molecular formula is C13H18O4. The minimum absolute atomic E-state index is 0.193. The summed E-state index contributed by atoms with van der Waals surface area (Å²) in [6.45, 7) is 4.06. The second-order valence-electron chi connectivity index (χ2n) is 3.23. The molecule has 0 aliphatic heterocycles. The van der Waals surface area contributed by atoms with Crippen LogP contribution in [0.5, 0.6) is 5.75 Å². The van der Waals surface area contributed by atoms with E-state index in [0.29, 0.717) is 17.6 Å². The summed E-state index contributed by atoms with van der Waals surface area (Å²) in [5, 5.41) is 0. The van der Waals surface area contributed by atoms with Crippen LogP contribution in [0.3, 0.4) is 0 Å². The highest BCUT2D eigenvalue weighted by atomic mass is 16.6. The number of hydrogen-bond donors (Lipinski definition) is 0. The summed E-state index contributed by atoms with van der Waals surface area (Å²) in [5.74, 6) is -0.0985. The molecule has 0 atom stereocenters. The monoisotopic (exact) mass is 238 g/mol. The van der Waals surface area contributed by atoms with Gasteiger partial charge in [-0.25, -0.2) is 4.79 Å². The molecule has 1 aromatic carbocycles. The molecule has 0 radical (unpaired) electrons. The lowest BCUT2D eigenvalue weighted by Crippen LogP contribution is -2.13. The van der Waals surface area contributed by atoms with Gasteiger partial charge in [-0.05, 0) is 12.1 Å². The molecular weight excluding hydrogens is 220 g/mol. The Morgan fingerprint density at radius 1 is 1.29 bits per heavy atom. The lowest BCUT2D eigenvalue weighted by Gasteiger charge is -2.05. The van der Waals surface area contributed by atoms with Crippen LogP contribution in [-0.4, -0.2) is 26.0 Å². The molecule has 0 bridgehead atoms. The number of aldehydes is 1. The number of carbonyl (C=O) groups excluding carboxylic acids is 2. The van der Waals surface area contributed by atoms with Crippen LogP contribution < -0.4 is 4.74 Å². The van der Waals surface area contributed by atoms with Crippen molar-refractivity contribution in [2.45, 2.75) is 20.3 Å². The first kappa shape index (κ1) is 15.2. The number of methoxy groups -OCH3 is 1. The van der Waals surface area contributed by atoms with Gasteiger partial charge < -0.3 is 9.47 Å². The highest BCUT2D eigenvalue weighted by Gasteiger charge is 2.04. The average Bonchev–Trinajstić information content (AvgIpc) is 2.37. The minimum Gasteiger partial charge on any atom is -0.481 e. The lowest BCUT2D eigenvalue weighted by atomic mass is 10.2. The smallest absolute Gasteiger partial charge is 0.343 e. The maximum Gasteiger partial charge on any atom is 0.343 e. The molecule has 0 N–H and O–H groups in total. The number of para-hydroxylation sites is 1. The highest BCUT2D eigenvalue weighted by Crippen LogP contribution is 2.15. The van der Waals surface area contributed by atoms with Crippen LogP contribution >= 0.6 is 0 Å². The van der Waals surface area contributed by atoms with Crippen LogP contribution in [0.25, 0.3) is 0 Å². The predicted molar refractivity (Wildman–Crippen MR) is 65.3 cm³/mol. The van der Waals surface area contributed by atoms with Gasteiger partial charge in [0.25, 0.3) is 0 Å². The largest absolute Gasteiger partial charge is 0.481 e. The van der Waals surface area contributed by atoms with Crippen molar-refractivity contribution in [1.82, 2.24) is 0 Å². The molecule has 4 nitrogen and oxygen atoms in total. The third-order valence-electron chi connectivity index (χ3n) is 1.62. The molecule has 0 saturated heterocycles. The molecule has 94 valence electrons. The molecule has 1 aromatic rings. The van der Waals surface area contributed by atoms with E-state index in [1.54, 1.807) is 24.3 Å². The van der Waals surface area contributed by atoms with Gasteiger partial charge in [-0.2, -0.15) is 0 Å². The third-order valence-corrected chi connectivity index (χ3v) is 1.62. The van der Waals surface area contributed by atoms with E-state index in [1.165, 1.54) is 13.5 Å². The van der Waals surface area contributed by atoms with Crippen molar-refractivity contribution in [3.63, 3.8) is 0 Å². The van der Waals surface area contributed by atoms with Gasteiger partial charge in [-0.3, -0.25) is 4.79 Å². The number of ether oxygens (including phenoxy) is 2. The summed E-state index contributed by atoms with van der Waals surface area (Å²) >= 11 is 0. The Morgan fingerprint density at radius 3 is 2.41 bits per heavy atom. The van der Waals surface area contributed by atoms with E-state index in [-0.39, 0.29) is 6.61 Å². The maximum atomic E-state index is 10.7. The van der Waals surface area contributed by atoms with E-state index >= 15 is 0 Å². The van der Waals surface area contributed by atoms with Crippen molar-refractivity contribution in [3.8, 4) is 5.75 Å². The fourth-order valence-electron chi connectivity index (χ4n) is 0.905. The topological polar surface area (TPSA) is 52.6 Å². The van der Waals surface area contributed by atoms with E-state index in [9.17, 15) is 9.59 Å². The summed E-state index contributed by atoms with van der Waals surface area (Å²) in [7, 11) is 1.28. The zero-order valence-corrected chi connectivity index (χ0v) is 10.4. The van der Waals surface area contributed by atoms with E-state index in [1.807, 2.05) is 0 Å². The van der Waals surface area contributed by atoms with Crippen molar-refractivity contribution in [1.29, 1.82) is 0 Å². The van der Waals surface area contributed by atoms with Crippen LogP contribution in [0.1, 0.15) is 30.6 Å². The molecule has 4 heteroatoms. The first-order chi connectivity index (χ1) is 8.19. The van der Waals surface area contributed by atoms with Crippen molar-refractivity contribution in [2.75, 3.05) is 13.7 Å². The zero-order valence-electron chi connectivity index (χ0n) is 10.4. The zero-order chi connectivity index (χ0) is 13.1. The van der Waals surface area contributed by atoms with Gasteiger partial charge in [0, 0.05) is 0 Å². The summed E-state index contributed by atoms with van der Waals surface area (Å²) in [6, 6.07) is 6.67. The van der Waals surface area contributed by atoms with Crippen LogP contribution in [0.2, 0.25) is 0 Å². The second-order valence-corrected chi connectivity index (χ2v) is 3.23. The second kappa shape index (κ2) is 9.39. The van der Waals surface area contributed by atoms with Gasteiger partial charge in [0.05, 0.1) is 12.7 Å². The fraction of sp³-hybridized carbons (Fsp3) is 0.385. The van der Waals surface area contributed by atoms with Crippen molar-refractivity contribution in [2.24, 2.45) is 0 Å². The summed E-state index contributed by atoms with van der Waals surface area (Å²) in [4.78, 5) is 21.3.